The fourth-order valence-corrected chi connectivity index (χ4v) is 3.16. The van der Waals surface area contributed by atoms with Crippen molar-refractivity contribution in [2.45, 2.75) is 32.5 Å². The average Bonchev–Trinajstić information content (AvgIpc) is 3.26. The highest BCUT2D eigenvalue weighted by Crippen LogP contribution is 2.12. The molecule has 7 nitrogen and oxygen atoms in total. The summed E-state index contributed by atoms with van der Waals surface area (Å²) in [5.41, 5.74) is 0. The third-order valence-electron chi connectivity index (χ3n) is 4.02. The molecule has 0 spiro atoms. The SMILES string of the molecule is Cc1nnc(CN=C(NCc2cccs2)N2CC[C@@H](O)C2)n1C.I. The molecule has 1 aliphatic rings. The Morgan fingerprint density at radius 2 is 2.33 bits per heavy atom. The van der Waals surface area contributed by atoms with Crippen molar-refractivity contribution in [2.24, 2.45) is 12.0 Å². The van der Waals surface area contributed by atoms with Gasteiger partial charge in [0, 0.05) is 25.0 Å². The molecule has 0 radical (unpaired) electrons. The van der Waals surface area contributed by atoms with Gasteiger partial charge < -0.3 is 19.9 Å². The highest BCUT2D eigenvalue weighted by molar-refractivity contribution is 14.0. The molecule has 0 aromatic carbocycles. The van der Waals surface area contributed by atoms with E-state index in [1.165, 1.54) is 4.88 Å². The number of hydrogen-bond donors (Lipinski definition) is 2. The minimum Gasteiger partial charge on any atom is -0.391 e. The lowest BCUT2D eigenvalue weighted by molar-refractivity contribution is 0.187. The van der Waals surface area contributed by atoms with Crippen LogP contribution in [0.5, 0.6) is 0 Å². The van der Waals surface area contributed by atoms with Crippen LogP contribution in [0.15, 0.2) is 22.5 Å². The minimum absolute atomic E-state index is 0. The van der Waals surface area contributed by atoms with Crippen molar-refractivity contribution in [3.8, 4) is 0 Å². The number of aliphatic hydroxyl groups is 1. The Labute approximate surface area is 162 Å². The van der Waals surface area contributed by atoms with E-state index in [2.05, 4.69) is 36.9 Å². The first kappa shape index (κ1) is 19.1. The maximum Gasteiger partial charge on any atom is 0.194 e. The minimum atomic E-state index is -0.277. The summed E-state index contributed by atoms with van der Waals surface area (Å²) in [4.78, 5) is 8.04. The lowest BCUT2D eigenvalue weighted by Gasteiger charge is -2.21. The number of rotatable bonds is 4. The number of hydrogen-bond acceptors (Lipinski definition) is 5. The van der Waals surface area contributed by atoms with E-state index in [0.717, 1.165) is 37.1 Å². The van der Waals surface area contributed by atoms with Gasteiger partial charge in [0.1, 0.15) is 12.4 Å². The molecular formula is C15H23IN6OS. The molecule has 2 N–H and O–H groups in total. The summed E-state index contributed by atoms with van der Waals surface area (Å²) < 4.78 is 1.94. The van der Waals surface area contributed by atoms with E-state index >= 15 is 0 Å². The van der Waals surface area contributed by atoms with Crippen molar-refractivity contribution < 1.29 is 5.11 Å². The summed E-state index contributed by atoms with van der Waals surface area (Å²) in [6.45, 7) is 4.56. The number of halogens is 1. The van der Waals surface area contributed by atoms with Gasteiger partial charge in [-0.3, -0.25) is 0 Å². The maximum absolute atomic E-state index is 9.78. The summed E-state index contributed by atoms with van der Waals surface area (Å²) in [6, 6.07) is 4.14. The van der Waals surface area contributed by atoms with Crippen LogP contribution < -0.4 is 5.32 Å². The number of aryl methyl sites for hydroxylation is 1. The standard InChI is InChI=1S/C15H22N6OS.HI/c1-11-18-19-14(20(11)2)9-17-15(21-6-5-12(22)10-21)16-8-13-4-3-7-23-13;/h3-4,7,12,22H,5-6,8-10H2,1-2H3,(H,16,17);1H/t12-;/m1./s1. The van der Waals surface area contributed by atoms with E-state index in [9.17, 15) is 5.11 Å². The summed E-state index contributed by atoms with van der Waals surface area (Å²) >= 11 is 1.72. The van der Waals surface area contributed by atoms with Crippen LogP contribution in [0.25, 0.3) is 0 Å². The Balaban J connectivity index is 0.00000208. The van der Waals surface area contributed by atoms with Crippen LogP contribution in [0.3, 0.4) is 0 Å². The molecule has 3 rings (SSSR count). The molecule has 0 unspecified atom stereocenters. The largest absolute Gasteiger partial charge is 0.391 e. The Morgan fingerprint density at radius 1 is 1.50 bits per heavy atom. The molecule has 0 bridgehead atoms. The average molecular weight is 462 g/mol. The van der Waals surface area contributed by atoms with Crippen LogP contribution in [0, 0.1) is 6.92 Å². The third-order valence-corrected chi connectivity index (χ3v) is 4.89. The molecule has 0 saturated carbocycles. The highest BCUT2D eigenvalue weighted by Gasteiger charge is 2.23. The number of aliphatic hydroxyl groups excluding tert-OH is 1. The second kappa shape index (κ2) is 8.77. The predicted molar refractivity (Wildman–Crippen MR) is 106 cm³/mol. The fourth-order valence-electron chi connectivity index (χ4n) is 2.52. The lowest BCUT2D eigenvalue weighted by Crippen LogP contribution is -2.40. The predicted octanol–water partition coefficient (Wildman–Crippen LogP) is 1.52. The van der Waals surface area contributed by atoms with Gasteiger partial charge in [0.15, 0.2) is 11.8 Å². The normalized spacial score (nSPS) is 17.9. The van der Waals surface area contributed by atoms with E-state index in [0.29, 0.717) is 13.1 Å². The van der Waals surface area contributed by atoms with Gasteiger partial charge in [0.05, 0.1) is 12.6 Å². The molecule has 0 aliphatic carbocycles. The lowest BCUT2D eigenvalue weighted by atomic mass is 10.3. The van der Waals surface area contributed by atoms with Crippen LogP contribution in [-0.2, 0) is 20.1 Å². The summed E-state index contributed by atoms with van der Waals surface area (Å²) in [5.74, 6) is 2.52. The number of β-amino-alcohol motifs (C(OH)–C–C–N with tert-alkyl or cyclic N) is 1. The molecule has 9 heteroatoms. The molecule has 2 aromatic heterocycles. The molecule has 2 aromatic rings. The zero-order valence-electron chi connectivity index (χ0n) is 13.8. The van der Waals surface area contributed by atoms with Crippen LogP contribution in [0.1, 0.15) is 22.9 Å². The summed E-state index contributed by atoms with van der Waals surface area (Å²) in [6.07, 6.45) is 0.503. The van der Waals surface area contributed by atoms with Gasteiger partial charge in [0.25, 0.3) is 0 Å². The van der Waals surface area contributed by atoms with Crippen LogP contribution >= 0.6 is 35.3 Å². The number of aliphatic imine (C=N–C) groups is 1. The molecule has 1 fully saturated rings. The second-order valence-electron chi connectivity index (χ2n) is 5.68. The number of nitrogens with one attached hydrogen (secondary N) is 1. The topological polar surface area (TPSA) is 78.6 Å². The number of guanidine groups is 1. The van der Waals surface area contributed by atoms with Crippen molar-refractivity contribution in [1.82, 2.24) is 25.0 Å². The van der Waals surface area contributed by atoms with Gasteiger partial charge in [-0.05, 0) is 24.8 Å². The summed E-state index contributed by atoms with van der Waals surface area (Å²) in [5, 5.41) is 23.5. The van der Waals surface area contributed by atoms with Crippen molar-refractivity contribution >= 4 is 41.3 Å². The van der Waals surface area contributed by atoms with E-state index in [1.807, 2.05) is 24.6 Å². The quantitative estimate of drug-likeness (QED) is 0.409. The first-order valence-corrected chi connectivity index (χ1v) is 8.60. The van der Waals surface area contributed by atoms with Gasteiger partial charge >= 0.3 is 0 Å². The van der Waals surface area contributed by atoms with Crippen LogP contribution in [0.2, 0.25) is 0 Å². The molecule has 1 saturated heterocycles. The van der Waals surface area contributed by atoms with Gasteiger partial charge in [-0.1, -0.05) is 6.07 Å². The number of aromatic nitrogens is 3. The molecule has 24 heavy (non-hydrogen) atoms. The Bertz CT molecular complexity index is 672. The number of nitrogens with zero attached hydrogens (tertiary/aromatic N) is 5. The Morgan fingerprint density at radius 3 is 2.92 bits per heavy atom. The van der Waals surface area contributed by atoms with Gasteiger partial charge in [0.2, 0.25) is 0 Å². The summed E-state index contributed by atoms with van der Waals surface area (Å²) in [7, 11) is 1.94. The van der Waals surface area contributed by atoms with Gasteiger partial charge in [-0.2, -0.15) is 0 Å². The van der Waals surface area contributed by atoms with Crippen LogP contribution in [0.4, 0.5) is 0 Å². The van der Waals surface area contributed by atoms with E-state index in [4.69, 9.17) is 0 Å². The molecule has 3 heterocycles. The third kappa shape index (κ3) is 4.67. The zero-order chi connectivity index (χ0) is 16.2. The first-order valence-electron chi connectivity index (χ1n) is 7.72. The van der Waals surface area contributed by atoms with E-state index in [1.54, 1.807) is 11.3 Å². The second-order valence-corrected chi connectivity index (χ2v) is 6.72. The molecule has 132 valence electrons. The van der Waals surface area contributed by atoms with Gasteiger partial charge in [-0.15, -0.1) is 45.5 Å². The van der Waals surface area contributed by atoms with E-state index in [-0.39, 0.29) is 30.1 Å². The molecule has 1 atom stereocenters. The van der Waals surface area contributed by atoms with Crippen molar-refractivity contribution in [2.75, 3.05) is 13.1 Å². The fraction of sp³-hybridized carbons (Fsp3) is 0.533. The Hall–Kier alpha value is -1.20. The smallest absolute Gasteiger partial charge is 0.194 e. The highest BCUT2D eigenvalue weighted by atomic mass is 127. The molecule has 1 aliphatic heterocycles. The Kier molecular flexibility index (Phi) is 6.99. The van der Waals surface area contributed by atoms with Crippen LogP contribution in [-0.4, -0.2) is 49.9 Å². The first-order chi connectivity index (χ1) is 11.1. The number of likely N-dealkylation sites (tertiary alicyclic amines) is 1. The number of thiophene rings is 1. The van der Waals surface area contributed by atoms with E-state index < -0.39 is 0 Å². The van der Waals surface area contributed by atoms with Crippen molar-refractivity contribution in [3.63, 3.8) is 0 Å². The van der Waals surface area contributed by atoms with Crippen molar-refractivity contribution in [1.29, 1.82) is 0 Å². The zero-order valence-corrected chi connectivity index (χ0v) is 17.0. The van der Waals surface area contributed by atoms with Gasteiger partial charge in [-0.25, -0.2) is 4.99 Å². The monoisotopic (exact) mass is 462 g/mol. The molecule has 0 amide bonds. The molecular weight excluding hydrogens is 439 g/mol. The van der Waals surface area contributed by atoms with Crippen molar-refractivity contribution in [3.05, 3.63) is 34.0 Å². The maximum atomic E-state index is 9.78.